The molecule has 204 valence electrons. The lowest BCUT2D eigenvalue weighted by Gasteiger charge is -2.63. The van der Waals surface area contributed by atoms with Crippen LogP contribution in [0, 0.1) is 23.2 Å². The summed E-state index contributed by atoms with van der Waals surface area (Å²) in [6.07, 6.45) is 10.9. The van der Waals surface area contributed by atoms with Crippen LogP contribution in [0.4, 0.5) is 0 Å². The molecule has 0 unspecified atom stereocenters. The molecule has 3 heterocycles. The van der Waals surface area contributed by atoms with Gasteiger partial charge in [0.25, 0.3) is 5.91 Å². The van der Waals surface area contributed by atoms with Gasteiger partial charge in [-0.3, -0.25) is 14.6 Å². The summed E-state index contributed by atoms with van der Waals surface area (Å²) in [6.45, 7) is 11.1. The van der Waals surface area contributed by atoms with Gasteiger partial charge in [-0.05, 0) is 49.4 Å². The van der Waals surface area contributed by atoms with E-state index in [0.717, 1.165) is 6.42 Å². The minimum atomic E-state index is -0.869. The smallest absolute Gasteiger partial charge is 0.404 e. The van der Waals surface area contributed by atoms with Crippen molar-refractivity contribution in [2.24, 2.45) is 30.2 Å². The highest BCUT2D eigenvalue weighted by molar-refractivity contribution is 6.48. The average molecular weight is 522 g/mol. The van der Waals surface area contributed by atoms with Gasteiger partial charge >= 0.3 is 7.12 Å². The topological polar surface area (TPSA) is 120 Å². The van der Waals surface area contributed by atoms with Gasteiger partial charge in [-0.25, -0.2) is 9.97 Å². The maximum absolute atomic E-state index is 13.8. The first-order valence-electron chi connectivity index (χ1n) is 13.6. The number of nitrogens with one attached hydrogen (secondary N) is 2. The van der Waals surface area contributed by atoms with Crippen LogP contribution in [0.15, 0.2) is 31.0 Å². The van der Waals surface area contributed by atoms with Crippen molar-refractivity contribution in [3.05, 3.63) is 42.5 Å². The third-order valence-corrected chi connectivity index (χ3v) is 8.94. The molecule has 6 rings (SSSR count). The van der Waals surface area contributed by atoms with Crippen LogP contribution in [0.2, 0.25) is 0 Å². The highest BCUT2D eigenvalue weighted by Crippen LogP contribution is 2.64. The van der Waals surface area contributed by atoms with Crippen LogP contribution in [0.1, 0.15) is 70.2 Å². The summed E-state index contributed by atoms with van der Waals surface area (Å²) in [6, 6.07) is -0.869. The van der Waals surface area contributed by atoms with Crippen LogP contribution in [0.5, 0.6) is 0 Å². The molecule has 10 nitrogen and oxygen atoms in total. The maximum atomic E-state index is 13.8. The zero-order valence-electron chi connectivity index (χ0n) is 23.2. The number of imidazole rings is 1. The fraction of sp³-hybridized carbons (Fsp3) is 0.667. The van der Waals surface area contributed by atoms with E-state index < -0.39 is 19.1 Å². The van der Waals surface area contributed by atoms with Gasteiger partial charge in [0, 0.05) is 38.3 Å². The van der Waals surface area contributed by atoms with E-state index in [1.807, 2.05) is 17.8 Å². The number of aryl methyl sites for hydroxylation is 1. The molecule has 3 saturated carbocycles. The monoisotopic (exact) mass is 522 g/mol. The number of nitrogens with zero attached hydrogens (tertiary/aromatic N) is 4. The molecule has 0 radical (unpaired) electrons. The summed E-state index contributed by atoms with van der Waals surface area (Å²) in [5.41, 5.74) is 0.0435. The largest absolute Gasteiger partial charge is 0.481 e. The molecular formula is C27H39BN6O4. The lowest BCUT2D eigenvalue weighted by Crippen LogP contribution is -2.63. The SMILES string of the molecule is CC(C)C[C@H](NC(=O)[C@H](Cc1nccn1C)NC(=O)c1cnccn1)B1O[C@@H]2[C@H]3C[C@@H](C[C@]2(C)O1)C3(C)C. The molecular weight excluding hydrogens is 483 g/mol. The second kappa shape index (κ2) is 10.1. The Hall–Kier alpha value is -2.79. The Balaban J connectivity index is 1.34. The second-order valence-electron chi connectivity index (χ2n) is 12.4. The molecule has 2 aromatic heterocycles. The van der Waals surface area contributed by atoms with Crippen molar-refractivity contribution in [3.63, 3.8) is 0 Å². The molecule has 38 heavy (non-hydrogen) atoms. The molecule has 1 aliphatic heterocycles. The van der Waals surface area contributed by atoms with Crippen molar-refractivity contribution >= 4 is 18.9 Å². The van der Waals surface area contributed by atoms with Crippen molar-refractivity contribution in [1.29, 1.82) is 0 Å². The third-order valence-electron chi connectivity index (χ3n) is 8.94. The highest BCUT2D eigenvalue weighted by atomic mass is 16.7. The fourth-order valence-corrected chi connectivity index (χ4v) is 6.58. The molecule has 4 aliphatic rings. The zero-order chi connectivity index (χ0) is 27.2. The molecule has 2 bridgehead atoms. The summed E-state index contributed by atoms with van der Waals surface area (Å²) in [7, 11) is 1.31. The molecule has 2 amide bonds. The summed E-state index contributed by atoms with van der Waals surface area (Å²) in [4.78, 5) is 39.1. The van der Waals surface area contributed by atoms with E-state index in [1.54, 1.807) is 6.20 Å². The van der Waals surface area contributed by atoms with Gasteiger partial charge in [0.1, 0.15) is 17.6 Å². The zero-order valence-corrected chi connectivity index (χ0v) is 23.2. The van der Waals surface area contributed by atoms with E-state index in [2.05, 4.69) is 60.2 Å². The summed E-state index contributed by atoms with van der Waals surface area (Å²) < 4.78 is 15.1. The quantitative estimate of drug-likeness (QED) is 0.485. The van der Waals surface area contributed by atoms with E-state index >= 15 is 0 Å². The number of amides is 2. The minimum Gasteiger partial charge on any atom is -0.404 e. The average Bonchev–Trinajstić information content (AvgIpc) is 3.45. The van der Waals surface area contributed by atoms with Crippen LogP contribution in [0.3, 0.4) is 0 Å². The number of hydrogen-bond donors (Lipinski definition) is 2. The molecule has 1 saturated heterocycles. The Morgan fingerprint density at radius 1 is 1.18 bits per heavy atom. The van der Waals surface area contributed by atoms with Gasteiger partial charge in [-0.15, -0.1) is 0 Å². The molecule has 4 fully saturated rings. The van der Waals surface area contributed by atoms with E-state index in [4.69, 9.17) is 9.31 Å². The lowest BCUT2D eigenvalue weighted by molar-refractivity contribution is -0.185. The summed E-state index contributed by atoms with van der Waals surface area (Å²) in [5, 5.41) is 6.02. The second-order valence-corrected chi connectivity index (χ2v) is 12.4. The first-order chi connectivity index (χ1) is 18.0. The standard InChI is InChI=1S/C27H39BN6O4/c1-16(2)11-21(28-37-23-18-12-17(26(18,3)4)14-27(23,5)38-28)33-24(35)19(13-22-31-9-10-34(22)6)32-25(36)20-15-29-7-8-30-20/h7-10,15-19,21,23H,11-14H2,1-6H3,(H,32,36)(H,33,35)/t17-,18+,19-,21-,23+,27-/m0/s1. The Labute approximate surface area is 224 Å². The van der Waals surface area contributed by atoms with E-state index in [9.17, 15) is 9.59 Å². The minimum absolute atomic E-state index is 0.0128. The van der Waals surface area contributed by atoms with Crippen LogP contribution < -0.4 is 10.6 Å². The third kappa shape index (κ3) is 4.98. The predicted octanol–water partition coefficient (Wildman–Crippen LogP) is 2.35. The van der Waals surface area contributed by atoms with E-state index in [0.29, 0.717) is 30.0 Å². The predicted molar refractivity (Wildman–Crippen MR) is 142 cm³/mol. The van der Waals surface area contributed by atoms with Gasteiger partial charge in [-0.2, -0.15) is 0 Å². The van der Waals surface area contributed by atoms with Crippen LogP contribution >= 0.6 is 0 Å². The Morgan fingerprint density at radius 2 is 1.97 bits per heavy atom. The van der Waals surface area contributed by atoms with E-state index in [1.165, 1.54) is 25.0 Å². The molecule has 3 aliphatic carbocycles. The number of carbonyl (C=O) groups is 2. The van der Waals surface area contributed by atoms with Crippen LogP contribution in [-0.2, 0) is 27.6 Å². The van der Waals surface area contributed by atoms with Gasteiger partial charge in [0.15, 0.2) is 0 Å². The Morgan fingerprint density at radius 3 is 2.61 bits per heavy atom. The molecule has 6 atom stereocenters. The van der Waals surface area contributed by atoms with Gasteiger partial charge in [-0.1, -0.05) is 27.7 Å². The molecule has 2 aromatic rings. The summed E-state index contributed by atoms with van der Waals surface area (Å²) in [5.74, 6) is 0.924. The number of aromatic nitrogens is 4. The van der Waals surface area contributed by atoms with Crippen LogP contribution in [-0.4, -0.2) is 62.1 Å². The Kier molecular flexibility index (Phi) is 7.11. The number of rotatable bonds is 9. The highest BCUT2D eigenvalue weighted by Gasteiger charge is 2.67. The fourth-order valence-electron chi connectivity index (χ4n) is 6.58. The van der Waals surface area contributed by atoms with Gasteiger partial charge in [0.05, 0.1) is 23.8 Å². The summed E-state index contributed by atoms with van der Waals surface area (Å²) >= 11 is 0. The first kappa shape index (κ1) is 26.8. The van der Waals surface area contributed by atoms with Crippen molar-refractivity contribution in [2.45, 2.75) is 84.0 Å². The first-order valence-corrected chi connectivity index (χ1v) is 13.6. The molecule has 11 heteroatoms. The molecule has 2 N–H and O–H groups in total. The normalized spacial score (nSPS) is 28.8. The lowest BCUT2D eigenvalue weighted by atomic mass is 9.45. The Bertz CT molecular complexity index is 1170. The van der Waals surface area contributed by atoms with E-state index in [-0.39, 0.29) is 41.1 Å². The van der Waals surface area contributed by atoms with Gasteiger partial charge in [0.2, 0.25) is 5.91 Å². The van der Waals surface area contributed by atoms with Crippen molar-refractivity contribution in [1.82, 2.24) is 30.2 Å². The molecule has 0 aromatic carbocycles. The number of carbonyl (C=O) groups excluding carboxylic acids is 2. The van der Waals surface area contributed by atoms with Crippen molar-refractivity contribution in [3.8, 4) is 0 Å². The maximum Gasteiger partial charge on any atom is 0.481 e. The van der Waals surface area contributed by atoms with Crippen molar-refractivity contribution in [2.75, 3.05) is 0 Å². The van der Waals surface area contributed by atoms with Crippen LogP contribution in [0.25, 0.3) is 0 Å². The van der Waals surface area contributed by atoms with Gasteiger partial charge < -0.3 is 24.5 Å². The molecule has 0 spiro atoms. The van der Waals surface area contributed by atoms with Crippen molar-refractivity contribution < 1.29 is 18.9 Å². The number of hydrogen-bond acceptors (Lipinski definition) is 7.